The number of benzene rings is 2. The van der Waals surface area contributed by atoms with E-state index in [0.29, 0.717) is 0 Å². The third-order valence-electron chi connectivity index (χ3n) is 3.68. The highest BCUT2D eigenvalue weighted by atomic mass is 16.5. The molecule has 2 rings (SSSR count). The molecule has 0 bridgehead atoms. The summed E-state index contributed by atoms with van der Waals surface area (Å²) < 4.78 is 5.87. The molecule has 0 aliphatic heterocycles. The first-order chi connectivity index (χ1) is 10.2. The van der Waals surface area contributed by atoms with Gasteiger partial charge >= 0.3 is 0 Å². The number of rotatable bonds is 7. The first-order valence-corrected chi connectivity index (χ1v) is 7.69. The molecule has 1 unspecified atom stereocenters. The minimum absolute atomic E-state index is 0.0728. The van der Waals surface area contributed by atoms with Gasteiger partial charge in [0, 0.05) is 6.04 Å². The van der Waals surface area contributed by atoms with Crippen molar-refractivity contribution in [1.29, 1.82) is 0 Å². The Balaban J connectivity index is 1.74. The minimum atomic E-state index is 0.0728. The van der Waals surface area contributed by atoms with Gasteiger partial charge in [0.1, 0.15) is 5.75 Å². The zero-order chi connectivity index (χ0) is 15.1. The lowest BCUT2D eigenvalue weighted by molar-refractivity contribution is 0.305. The summed E-state index contributed by atoms with van der Waals surface area (Å²) in [4.78, 5) is 0. The van der Waals surface area contributed by atoms with E-state index in [2.05, 4.69) is 49.4 Å². The molecule has 0 heterocycles. The van der Waals surface area contributed by atoms with E-state index in [1.54, 1.807) is 0 Å². The summed E-state index contributed by atoms with van der Waals surface area (Å²) in [6, 6.07) is 16.9. The lowest BCUT2D eigenvalue weighted by Crippen LogP contribution is -2.06. The van der Waals surface area contributed by atoms with Crippen molar-refractivity contribution in [3.05, 3.63) is 65.2 Å². The van der Waals surface area contributed by atoms with Crippen LogP contribution in [0.2, 0.25) is 0 Å². The Hall–Kier alpha value is -1.80. The molecule has 0 fully saturated rings. The highest BCUT2D eigenvalue weighted by Crippen LogP contribution is 2.22. The second-order valence-corrected chi connectivity index (χ2v) is 5.60. The topological polar surface area (TPSA) is 35.2 Å². The van der Waals surface area contributed by atoms with E-state index in [1.165, 1.54) is 5.56 Å². The maximum absolute atomic E-state index is 5.89. The Morgan fingerprint density at radius 1 is 1.05 bits per heavy atom. The molecule has 21 heavy (non-hydrogen) atoms. The van der Waals surface area contributed by atoms with E-state index < -0.39 is 0 Å². The molecular formula is C19H25NO. The zero-order valence-electron chi connectivity index (χ0n) is 13.0. The van der Waals surface area contributed by atoms with Crippen LogP contribution in [0.1, 0.15) is 42.5 Å². The summed E-state index contributed by atoms with van der Waals surface area (Å²) in [6.07, 6.45) is 3.34. The summed E-state index contributed by atoms with van der Waals surface area (Å²) in [7, 11) is 0. The fraction of sp³-hybridized carbons (Fsp3) is 0.368. The summed E-state index contributed by atoms with van der Waals surface area (Å²) in [6.45, 7) is 4.84. The third-order valence-corrected chi connectivity index (χ3v) is 3.68. The molecule has 1 atom stereocenters. The molecule has 2 heteroatoms. The van der Waals surface area contributed by atoms with Crippen molar-refractivity contribution in [2.45, 2.75) is 39.2 Å². The molecule has 0 saturated carbocycles. The van der Waals surface area contributed by atoms with Gasteiger partial charge in [-0.25, -0.2) is 0 Å². The second-order valence-electron chi connectivity index (χ2n) is 5.60. The third kappa shape index (κ3) is 4.91. The molecule has 0 aliphatic carbocycles. The van der Waals surface area contributed by atoms with Gasteiger partial charge in [0.25, 0.3) is 0 Å². The van der Waals surface area contributed by atoms with Gasteiger partial charge in [-0.05, 0) is 55.9 Å². The second kappa shape index (κ2) is 7.84. The van der Waals surface area contributed by atoms with Crippen LogP contribution >= 0.6 is 0 Å². The highest BCUT2D eigenvalue weighted by molar-refractivity contribution is 5.37. The van der Waals surface area contributed by atoms with Gasteiger partial charge in [-0.1, -0.05) is 42.5 Å². The van der Waals surface area contributed by atoms with Gasteiger partial charge in [0.2, 0.25) is 0 Å². The maximum atomic E-state index is 5.89. The molecule has 2 aromatic rings. The predicted octanol–water partition coefficient (Wildman–Crippen LogP) is 4.42. The van der Waals surface area contributed by atoms with Crippen LogP contribution in [0.25, 0.3) is 0 Å². The molecule has 0 spiro atoms. The van der Waals surface area contributed by atoms with Crippen molar-refractivity contribution in [3.63, 3.8) is 0 Å². The van der Waals surface area contributed by atoms with Gasteiger partial charge in [-0.3, -0.25) is 0 Å². The molecule has 0 aromatic heterocycles. The van der Waals surface area contributed by atoms with Crippen molar-refractivity contribution < 1.29 is 4.74 Å². The molecule has 2 nitrogen and oxygen atoms in total. The van der Waals surface area contributed by atoms with E-state index >= 15 is 0 Å². The molecular weight excluding hydrogens is 258 g/mol. The quantitative estimate of drug-likeness (QED) is 0.764. The Morgan fingerprint density at radius 2 is 1.81 bits per heavy atom. The Bertz CT molecular complexity index is 549. The zero-order valence-corrected chi connectivity index (χ0v) is 13.0. The van der Waals surface area contributed by atoms with Crippen LogP contribution in [0.4, 0.5) is 0 Å². The summed E-state index contributed by atoms with van der Waals surface area (Å²) in [5, 5.41) is 0. The molecule has 0 radical (unpaired) electrons. The smallest absolute Gasteiger partial charge is 0.122 e. The number of nitrogens with two attached hydrogens (primary N) is 1. The molecule has 2 aromatic carbocycles. The fourth-order valence-electron chi connectivity index (χ4n) is 2.38. The van der Waals surface area contributed by atoms with Gasteiger partial charge in [-0.15, -0.1) is 0 Å². The van der Waals surface area contributed by atoms with Gasteiger partial charge in [0.15, 0.2) is 0 Å². The van der Waals surface area contributed by atoms with E-state index in [0.717, 1.165) is 42.7 Å². The van der Waals surface area contributed by atoms with Crippen LogP contribution in [0.15, 0.2) is 48.5 Å². The van der Waals surface area contributed by atoms with Crippen molar-refractivity contribution >= 4 is 0 Å². The standard InChI is InChI=1S/C19H25NO/c1-15-14-18(16(2)20)11-12-19(15)21-13-7-6-10-17-8-4-3-5-9-17/h3-5,8-9,11-12,14,16H,6-7,10,13,20H2,1-2H3. The predicted molar refractivity (Wildman–Crippen MR) is 88.7 cm³/mol. The van der Waals surface area contributed by atoms with Gasteiger partial charge in [0.05, 0.1) is 6.61 Å². The van der Waals surface area contributed by atoms with Crippen molar-refractivity contribution in [3.8, 4) is 5.75 Å². The van der Waals surface area contributed by atoms with E-state index in [9.17, 15) is 0 Å². The van der Waals surface area contributed by atoms with E-state index in [1.807, 2.05) is 13.0 Å². The normalized spacial score (nSPS) is 12.1. The number of unbranched alkanes of at least 4 members (excludes halogenated alkanes) is 1. The lowest BCUT2D eigenvalue weighted by atomic mass is 10.1. The summed E-state index contributed by atoms with van der Waals surface area (Å²) >= 11 is 0. The number of hydrogen-bond donors (Lipinski definition) is 1. The molecule has 112 valence electrons. The van der Waals surface area contributed by atoms with Crippen molar-refractivity contribution in [2.24, 2.45) is 5.73 Å². The highest BCUT2D eigenvalue weighted by Gasteiger charge is 2.04. The number of ether oxygens (including phenoxy) is 1. The first kappa shape index (κ1) is 15.6. The van der Waals surface area contributed by atoms with Crippen LogP contribution in [0.3, 0.4) is 0 Å². The Kier molecular flexibility index (Phi) is 5.82. The Morgan fingerprint density at radius 3 is 2.48 bits per heavy atom. The van der Waals surface area contributed by atoms with Crippen LogP contribution in [0, 0.1) is 6.92 Å². The monoisotopic (exact) mass is 283 g/mol. The van der Waals surface area contributed by atoms with Gasteiger partial charge < -0.3 is 10.5 Å². The molecule has 0 saturated heterocycles. The Labute approximate surface area is 127 Å². The van der Waals surface area contributed by atoms with Crippen LogP contribution in [-0.2, 0) is 6.42 Å². The first-order valence-electron chi connectivity index (χ1n) is 7.69. The van der Waals surface area contributed by atoms with Crippen LogP contribution in [0.5, 0.6) is 5.75 Å². The number of hydrogen-bond acceptors (Lipinski definition) is 2. The van der Waals surface area contributed by atoms with Crippen molar-refractivity contribution in [1.82, 2.24) is 0 Å². The molecule has 2 N–H and O–H groups in total. The minimum Gasteiger partial charge on any atom is -0.493 e. The fourth-order valence-corrected chi connectivity index (χ4v) is 2.38. The lowest BCUT2D eigenvalue weighted by Gasteiger charge is -2.12. The van der Waals surface area contributed by atoms with Crippen LogP contribution in [-0.4, -0.2) is 6.61 Å². The maximum Gasteiger partial charge on any atom is 0.122 e. The van der Waals surface area contributed by atoms with Gasteiger partial charge in [-0.2, -0.15) is 0 Å². The van der Waals surface area contributed by atoms with E-state index in [-0.39, 0.29) is 6.04 Å². The average molecular weight is 283 g/mol. The molecule has 0 amide bonds. The molecule has 0 aliphatic rings. The summed E-state index contributed by atoms with van der Waals surface area (Å²) in [5.74, 6) is 0.971. The largest absolute Gasteiger partial charge is 0.493 e. The van der Waals surface area contributed by atoms with Crippen LogP contribution < -0.4 is 10.5 Å². The summed E-state index contributed by atoms with van der Waals surface area (Å²) in [5.41, 5.74) is 9.60. The number of aryl methyl sites for hydroxylation is 2. The SMILES string of the molecule is Cc1cc(C(C)N)ccc1OCCCCc1ccccc1. The van der Waals surface area contributed by atoms with Crippen molar-refractivity contribution in [2.75, 3.05) is 6.61 Å². The average Bonchev–Trinajstić information content (AvgIpc) is 2.49. The van der Waals surface area contributed by atoms with E-state index in [4.69, 9.17) is 10.5 Å².